The number of anilines is 1. The van der Waals surface area contributed by atoms with Crippen molar-refractivity contribution in [3.8, 4) is 0 Å². The van der Waals surface area contributed by atoms with Gasteiger partial charge in [-0.05, 0) is 50.3 Å². The fourth-order valence-electron chi connectivity index (χ4n) is 4.27. The average Bonchev–Trinajstić information content (AvgIpc) is 3.56. The van der Waals surface area contributed by atoms with Gasteiger partial charge in [0.05, 0.1) is 0 Å². The molecule has 2 heterocycles. The van der Waals surface area contributed by atoms with E-state index in [2.05, 4.69) is 50.3 Å². The van der Waals surface area contributed by atoms with Crippen LogP contribution in [0.15, 0.2) is 30.3 Å². The van der Waals surface area contributed by atoms with E-state index in [4.69, 9.17) is 0 Å². The topological polar surface area (TPSA) is 38.8 Å². The van der Waals surface area contributed by atoms with Crippen LogP contribution >= 0.6 is 24.8 Å². The molecule has 7 heteroatoms. The lowest BCUT2D eigenvalue weighted by Gasteiger charge is -2.37. The first-order chi connectivity index (χ1) is 13.3. The van der Waals surface area contributed by atoms with Crippen LogP contribution in [0.1, 0.15) is 32.1 Å². The van der Waals surface area contributed by atoms with Crippen LogP contribution < -0.4 is 10.2 Å². The molecule has 0 atom stereocenters. The van der Waals surface area contributed by atoms with Gasteiger partial charge < -0.3 is 15.1 Å². The zero-order valence-corrected chi connectivity index (χ0v) is 18.9. The summed E-state index contributed by atoms with van der Waals surface area (Å²) in [6, 6.07) is 11.3. The molecule has 1 aromatic rings. The number of carbonyl (C=O) groups excluding carboxylic acids is 1. The number of rotatable bonds is 7. The predicted molar refractivity (Wildman–Crippen MR) is 125 cm³/mol. The van der Waals surface area contributed by atoms with Gasteiger partial charge in [0.2, 0.25) is 5.91 Å². The minimum Gasteiger partial charge on any atom is -0.369 e. The second kappa shape index (κ2) is 12.0. The molecule has 0 spiro atoms. The Kier molecular flexibility index (Phi) is 10.0. The third kappa shape index (κ3) is 7.32. The van der Waals surface area contributed by atoms with E-state index < -0.39 is 0 Å². The first-order valence-corrected chi connectivity index (χ1v) is 10.8. The summed E-state index contributed by atoms with van der Waals surface area (Å²) < 4.78 is 0. The van der Waals surface area contributed by atoms with E-state index >= 15 is 0 Å². The second-order valence-electron chi connectivity index (χ2n) is 8.42. The molecule has 29 heavy (non-hydrogen) atoms. The van der Waals surface area contributed by atoms with Gasteiger partial charge in [0.15, 0.2) is 0 Å². The average molecular weight is 443 g/mol. The van der Waals surface area contributed by atoms with Crippen LogP contribution in [0.3, 0.4) is 0 Å². The van der Waals surface area contributed by atoms with E-state index in [1.807, 2.05) is 0 Å². The molecule has 5 nitrogen and oxygen atoms in total. The van der Waals surface area contributed by atoms with E-state index in [1.165, 1.54) is 25.1 Å². The molecule has 164 valence electrons. The second-order valence-corrected chi connectivity index (χ2v) is 8.42. The third-order valence-electron chi connectivity index (χ3n) is 6.38. The largest absolute Gasteiger partial charge is 0.369 e. The molecular formula is C22H36Cl2N4O. The number of piperidine rings is 1. The Bertz CT molecular complexity index is 598. The molecule has 0 aromatic heterocycles. The Morgan fingerprint density at radius 1 is 0.897 bits per heavy atom. The number of amides is 1. The van der Waals surface area contributed by atoms with Gasteiger partial charge in [-0.25, -0.2) is 0 Å². The third-order valence-corrected chi connectivity index (χ3v) is 6.38. The van der Waals surface area contributed by atoms with Gasteiger partial charge in [-0.15, -0.1) is 24.8 Å². The molecule has 2 saturated heterocycles. The quantitative estimate of drug-likeness (QED) is 0.703. The molecule has 3 aliphatic rings. The molecule has 1 aliphatic carbocycles. The summed E-state index contributed by atoms with van der Waals surface area (Å²) in [4.78, 5) is 19.6. The van der Waals surface area contributed by atoms with Crippen LogP contribution in [0.2, 0.25) is 0 Å². The van der Waals surface area contributed by atoms with E-state index in [1.54, 1.807) is 0 Å². The summed E-state index contributed by atoms with van der Waals surface area (Å²) in [5.74, 6) is 1.29. The first-order valence-electron chi connectivity index (χ1n) is 10.8. The van der Waals surface area contributed by atoms with Crippen molar-refractivity contribution in [2.24, 2.45) is 5.92 Å². The van der Waals surface area contributed by atoms with Crippen molar-refractivity contribution in [2.75, 3.05) is 57.3 Å². The number of nitrogens with one attached hydrogen (secondary N) is 1. The highest BCUT2D eigenvalue weighted by atomic mass is 35.5. The van der Waals surface area contributed by atoms with Crippen LogP contribution in [-0.2, 0) is 4.79 Å². The summed E-state index contributed by atoms with van der Waals surface area (Å²) in [5, 5.41) is 3.69. The van der Waals surface area contributed by atoms with E-state index in [0.717, 1.165) is 64.6 Å². The molecule has 1 aromatic carbocycles. The lowest BCUT2D eigenvalue weighted by atomic mass is 10.0. The number of nitrogens with zero attached hydrogens (tertiary/aromatic N) is 3. The Morgan fingerprint density at radius 3 is 2.17 bits per heavy atom. The van der Waals surface area contributed by atoms with E-state index in [-0.39, 0.29) is 24.8 Å². The summed E-state index contributed by atoms with van der Waals surface area (Å²) >= 11 is 0. The van der Waals surface area contributed by atoms with Gasteiger partial charge in [-0.1, -0.05) is 18.2 Å². The van der Waals surface area contributed by atoms with Crippen molar-refractivity contribution in [3.63, 3.8) is 0 Å². The molecule has 2 aliphatic heterocycles. The first kappa shape index (κ1) is 24.3. The Hall–Kier alpha value is -1.01. The van der Waals surface area contributed by atoms with Gasteiger partial charge in [0, 0.05) is 64.0 Å². The number of piperazine rings is 1. The van der Waals surface area contributed by atoms with Crippen molar-refractivity contribution in [1.29, 1.82) is 0 Å². The highest BCUT2D eigenvalue weighted by Crippen LogP contribution is 2.28. The lowest BCUT2D eigenvalue weighted by Crippen LogP contribution is -2.48. The number of para-hydroxylation sites is 1. The number of hydrogen-bond donors (Lipinski definition) is 1. The summed E-state index contributed by atoms with van der Waals surface area (Å²) in [6.07, 6.45) is 5.72. The van der Waals surface area contributed by atoms with Gasteiger partial charge >= 0.3 is 0 Å². The molecule has 0 bridgehead atoms. The minimum absolute atomic E-state index is 0. The molecule has 1 amide bonds. The number of hydrogen-bond acceptors (Lipinski definition) is 4. The normalized spacial score (nSPS) is 20.7. The predicted octanol–water partition coefficient (Wildman–Crippen LogP) is 3.03. The van der Waals surface area contributed by atoms with Crippen molar-refractivity contribution < 1.29 is 4.79 Å². The summed E-state index contributed by atoms with van der Waals surface area (Å²) in [5.41, 5.74) is 1.31. The van der Waals surface area contributed by atoms with Crippen molar-refractivity contribution in [3.05, 3.63) is 30.3 Å². The maximum atomic E-state index is 12.6. The highest BCUT2D eigenvalue weighted by molar-refractivity contribution is 5.85. The Labute approximate surface area is 188 Å². The molecule has 0 radical (unpaired) electrons. The zero-order valence-electron chi connectivity index (χ0n) is 17.3. The van der Waals surface area contributed by atoms with Crippen LogP contribution in [0.5, 0.6) is 0 Å². The lowest BCUT2D eigenvalue weighted by molar-refractivity contribution is -0.132. The van der Waals surface area contributed by atoms with Gasteiger partial charge in [-0.2, -0.15) is 0 Å². The number of carbonyl (C=O) groups is 1. The zero-order chi connectivity index (χ0) is 18.5. The van der Waals surface area contributed by atoms with Crippen LogP contribution in [0.4, 0.5) is 5.69 Å². The van der Waals surface area contributed by atoms with Gasteiger partial charge in [0.25, 0.3) is 0 Å². The number of halogens is 2. The van der Waals surface area contributed by atoms with Crippen LogP contribution in [0, 0.1) is 5.92 Å². The van der Waals surface area contributed by atoms with Crippen LogP contribution in [-0.4, -0.2) is 74.1 Å². The molecular weight excluding hydrogens is 407 g/mol. The van der Waals surface area contributed by atoms with Gasteiger partial charge in [-0.3, -0.25) is 9.69 Å². The summed E-state index contributed by atoms with van der Waals surface area (Å²) in [7, 11) is 0. The molecule has 3 fully saturated rings. The minimum atomic E-state index is 0. The molecule has 1 N–H and O–H groups in total. The number of benzene rings is 1. The SMILES string of the molecule is Cl.Cl.O=C(CCN1CCN(c2ccccc2)CC1)N1CCC(NCC2CC2)CC1. The standard InChI is InChI=1S/C22H34N4O.2ClH/c27-22(26-12-8-20(9-13-26)23-18-19-6-7-19)10-11-24-14-16-25(17-15-24)21-4-2-1-3-5-21;;/h1-5,19-20,23H,6-18H2;2*1H. The number of likely N-dealkylation sites (tertiary alicyclic amines) is 1. The van der Waals surface area contributed by atoms with Crippen molar-refractivity contribution in [2.45, 2.75) is 38.1 Å². The van der Waals surface area contributed by atoms with E-state index in [0.29, 0.717) is 18.4 Å². The van der Waals surface area contributed by atoms with Gasteiger partial charge in [0.1, 0.15) is 0 Å². The highest BCUT2D eigenvalue weighted by Gasteiger charge is 2.26. The Morgan fingerprint density at radius 2 is 1.55 bits per heavy atom. The molecule has 4 rings (SSSR count). The van der Waals surface area contributed by atoms with Crippen molar-refractivity contribution in [1.82, 2.24) is 15.1 Å². The summed E-state index contributed by atoms with van der Waals surface area (Å²) in [6.45, 7) is 8.16. The monoisotopic (exact) mass is 442 g/mol. The fourth-order valence-corrected chi connectivity index (χ4v) is 4.27. The maximum Gasteiger partial charge on any atom is 0.223 e. The van der Waals surface area contributed by atoms with Crippen LogP contribution in [0.25, 0.3) is 0 Å². The molecule has 0 unspecified atom stereocenters. The molecule has 1 saturated carbocycles. The fraction of sp³-hybridized carbons (Fsp3) is 0.682. The maximum absolute atomic E-state index is 12.6. The smallest absolute Gasteiger partial charge is 0.223 e. The Balaban J connectivity index is 0.00000150. The van der Waals surface area contributed by atoms with E-state index in [9.17, 15) is 4.79 Å². The van der Waals surface area contributed by atoms with Crippen molar-refractivity contribution >= 4 is 36.4 Å².